The van der Waals surface area contributed by atoms with Crippen LogP contribution in [-0.2, 0) is 16.1 Å². The maximum absolute atomic E-state index is 13.6. The molecule has 2 bridgehead atoms. The van der Waals surface area contributed by atoms with Crippen molar-refractivity contribution >= 4 is 11.8 Å². The van der Waals surface area contributed by atoms with Crippen molar-refractivity contribution in [3.63, 3.8) is 0 Å². The Labute approximate surface area is 219 Å². The SMILES string of the molecule is COc1ncc(COCC2(O)CC2)cc1C(=O)N[C@H]1[C@@H](C(=O)NCC(C)(C)C)[C@H]2CC[C@@H]1/C2=C\C1CC1. The van der Waals surface area contributed by atoms with Gasteiger partial charge >= 0.3 is 0 Å². The number of amides is 2. The molecule has 0 aliphatic heterocycles. The molecule has 0 spiro atoms. The number of nitrogens with zero attached hydrogens (tertiary/aromatic N) is 1. The summed E-state index contributed by atoms with van der Waals surface area (Å²) < 4.78 is 11.1. The topological polar surface area (TPSA) is 110 Å². The van der Waals surface area contributed by atoms with Crippen molar-refractivity contribution in [3.05, 3.63) is 35.0 Å². The van der Waals surface area contributed by atoms with Gasteiger partial charge in [-0.3, -0.25) is 9.59 Å². The molecule has 0 radical (unpaired) electrons. The van der Waals surface area contributed by atoms with Crippen LogP contribution in [0.15, 0.2) is 23.9 Å². The van der Waals surface area contributed by atoms with Gasteiger partial charge in [-0.25, -0.2) is 4.98 Å². The van der Waals surface area contributed by atoms with E-state index in [-0.39, 0.29) is 60.1 Å². The maximum atomic E-state index is 13.6. The second-order valence-electron chi connectivity index (χ2n) is 12.7. The Morgan fingerprint density at radius 3 is 2.57 bits per heavy atom. The van der Waals surface area contributed by atoms with Gasteiger partial charge in [-0.1, -0.05) is 32.4 Å². The first-order valence-corrected chi connectivity index (χ1v) is 13.7. The van der Waals surface area contributed by atoms with Crippen molar-refractivity contribution in [2.24, 2.45) is 29.1 Å². The van der Waals surface area contributed by atoms with Gasteiger partial charge in [0.1, 0.15) is 5.56 Å². The molecule has 8 nitrogen and oxygen atoms in total. The summed E-state index contributed by atoms with van der Waals surface area (Å²) in [5.41, 5.74) is 1.72. The van der Waals surface area contributed by atoms with Gasteiger partial charge < -0.3 is 25.2 Å². The molecule has 4 fully saturated rings. The summed E-state index contributed by atoms with van der Waals surface area (Å²) in [6.45, 7) is 7.43. The summed E-state index contributed by atoms with van der Waals surface area (Å²) in [5, 5.41) is 16.4. The minimum atomic E-state index is -0.698. The smallest absolute Gasteiger partial charge is 0.257 e. The van der Waals surface area contributed by atoms with Crippen LogP contribution in [0.3, 0.4) is 0 Å². The third kappa shape index (κ3) is 6.01. The molecule has 0 aromatic carbocycles. The average Bonchev–Trinajstić information content (AvgIpc) is 3.76. The number of hydrogen-bond acceptors (Lipinski definition) is 6. The van der Waals surface area contributed by atoms with Gasteiger partial charge in [-0.2, -0.15) is 0 Å². The number of fused-ring (bicyclic) bond motifs is 2. The second kappa shape index (κ2) is 10.0. The van der Waals surface area contributed by atoms with Gasteiger partial charge in [-0.15, -0.1) is 0 Å². The zero-order valence-corrected chi connectivity index (χ0v) is 22.5. The third-order valence-electron chi connectivity index (χ3n) is 8.15. The van der Waals surface area contributed by atoms with Crippen LogP contribution in [0, 0.1) is 29.1 Å². The molecule has 5 rings (SSSR count). The van der Waals surface area contributed by atoms with Crippen molar-refractivity contribution in [1.29, 1.82) is 0 Å². The minimum absolute atomic E-state index is 0.0184. The summed E-state index contributed by atoms with van der Waals surface area (Å²) in [7, 11) is 1.49. The number of pyridine rings is 1. The van der Waals surface area contributed by atoms with E-state index in [4.69, 9.17) is 9.47 Å². The van der Waals surface area contributed by atoms with Crippen molar-refractivity contribution in [3.8, 4) is 5.88 Å². The number of hydrogen-bond donors (Lipinski definition) is 3. The molecule has 0 saturated heterocycles. The van der Waals surface area contributed by atoms with E-state index in [0.717, 1.165) is 31.2 Å². The molecule has 4 aliphatic carbocycles. The maximum Gasteiger partial charge on any atom is 0.257 e. The van der Waals surface area contributed by atoms with Crippen molar-refractivity contribution in [2.75, 3.05) is 20.3 Å². The molecular formula is C29H41N3O5. The fraction of sp³-hybridized carbons (Fsp3) is 0.690. The highest BCUT2D eigenvalue weighted by Gasteiger charge is 2.55. The van der Waals surface area contributed by atoms with E-state index in [9.17, 15) is 14.7 Å². The largest absolute Gasteiger partial charge is 0.480 e. The van der Waals surface area contributed by atoms with Crippen LogP contribution in [0.4, 0.5) is 0 Å². The Kier molecular flexibility index (Phi) is 7.09. The van der Waals surface area contributed by atoms with E-state index in [1.807, 2.05) is 0 Å². The van der Waals surface area contributed by atoms with Crippen molar-refractivity contribution in [1.82, 2.24) is 15.6 Å². The number of methoxy groups -OCH3 is 1. The number of aromatic nitrogens is 1. The number of carbonyl (C=O) groups excluding carboxylic acids is 2. The average molecular weight is 512 g/mol. The Morgan fingerprint density at radius 2 is 1.92 bits per heavy atom. The minimum Gasteiger partial charge on any atom is -0.480 e. The number of rotatable bonds is 10. The molecule has 4 atom stereocenters. The summed E-state index contributed by atoms with van der Waals surface area (Å²) >= 11 is 0. The number of nitrogens with one attached hydrogen (secondary N) is 2. The van der Waals surface area contributed by atoms with Gasteiger partial charge in [0, 0.05) is 24.7 Å². The van der Waals surface area contributed by atoms with Crippen molar-refractivity contribution < 1.29 is 24.2 Å². The normalized spacial score (nSPS) is 28.8. The molecule has 1 aromatic heterocycles. The number of aliphatic hydroxyl groups is 1. The van der Waals surface area contributed by atoms with Gasteiger partial charge in [0.15, 0.2) is 0 Å². The van der Waals surface area contributed by atoms with Crippen LogP contribution in [0.2, 0.25) is 0 Å². The highest BCUT2D eigenvalue weighted by molar-refractivity contribution is 5.97. The number of carbonyl (C=O) groups is 2. The summed E-state index contributed by atoms with van der Waals surface area (Å²) in [6.07, 6.45) is 9.96. The zero-order valence-electron chi connectivity index (χ0n) is 22.5. The predicted octanol–water partition coefficient (Wildman–Crippen LogP) is 3.38. The molecule has 3 N–H and O–H groups in total. The lowest BCUT2D eigenvalue weighted by atomic mass is 9.83. The summed E-state index contributed by atoms with van der Waals surface area (Å²) in [5.74, 6) is 0.699. The first-order valence-electron chi connectivity index (χ1n) is 13.7. The first kappa shape index (κ1) is 26.2. The fourth-order valence-corrected chi connectivity index (χ4v) is 5.81. The van der Waals surface area contributed by atoms with E-state index < -0.39 is 5.60 Å². The Morgan fingerprint density at radius 1 is 1.19 bits per heavy atom. The zero-order chi connectivity index (χ0) is 26.4. The van der Waals surface area contributed by atoms with E-state index in [2.05, 4.69) is 42.5 Å². The Balaban J connectivity index is 1.34. The van der Waals surface area contributed by atoms with Crippen LogP contribution in [0.1, 0.15) is 75.2 Å². The summed E-state index contributed by atoms with van der Waals surface area (Å²) in [4.78, 5) is 31.4. The predicted molar refractivity (Wildman–Crippen MR) is 139 cm³/mol. The van der Waals surface area contributed by atoms with E-state index in [0.29, 0.717) is 18.0 Å². The number of allylic oxidation sites excluding steroid dienone is 1. The Bertz CT molecular complexity index is 1070. The summed E-state index contributed by atoms with van der Waals surface area (Å²) in [6, 6.07) is 1.48. The highest BCUT2D eigenvalue weighted by atomic mass is 16.5. The third-order valence-corrected chi connectivity index (χ3v) is 8.15. The van der Waals surface area contributed by atoms with Gasteiger partial charge in [0.2, 0.25) is 11.8 Å². The van der Waals surface area contributed by atoms with Crippen molar-refractivity contribution in [2.45, 2.75) is 77.5 Å². The molecule has 8 heteroatoms. The lowest BCUT2D eigenvalue weighted by molar-refractivity contribution is -0.127. The van der Waals surface area contributed by atoms with Crippen LogP contribution in [0.25, 0.3) is 0 Å². The molecule has 37 heavy (non-hydrogen) atoms. The fourth-order valence-electron chi connectivity index (χ4n) is 5.81. The lowest BCUT2D eigenvalue weighted by Gasteiger charge is -2.31. The monoisotopic (exact) mass is 511 g/mol. The van der Waals surface area contributed by atoms with Crippen LogP contribution < -0.4 is 15.4 Å². The van der Waals surface area contributed by atoms with Crippen LogP contribution in [0.5, 0.6) is 5.88 Å². The molecule has 1 heterocycles. The van der Waals surface area contributed by atoms with Gasteiger partial charge in [0.05, 0.1) is 31.8 Å². The molecule has 4 saturated carbocycles. The van der Waals surface area contributed by atoms with Crippen LogP contribution in [-0.4, -0.2) is 53.8 Å². The molecular weight excluding hydrogens is 470 g/mol. The van der Waals surface area contributed by atoms with E-state index >= 15 is 0 Å². The number of ether oxygens (including phenoxy) is 2. The quantitative estimate of drug-likeness (QED) is 0.416. The van der Waals surface area contributed by atoms with Gasteiger partial charge in [-0.05, 0) is 67.4 Å². The van der Waals surface area contributed by atoms with Crippen LogP contribution >= 0.6 is 0 Å². The first-order chi connectivity index (χ1) is 17.6. The van der Waals surface area contributed by atoms with E-state index in [1.165, 1.54) is 25.5 Å². The Hall–Kier alpha value is -2.45. The van der Waals surface area contributed by atoms with Gasteiger partial charge in [0.25, 0.3) is 5.91 Å². The molecule has 4 aliphatic rings. The molecule has 0 unspecified atom stereocenters. The highest BCUT2D eigenvalue weighted by Crippen LogP contribution is 2.54. The van der Waals surface area contributed by atoms with E-state index in [1.54, 1.807) is 12.3 Å². The molecule has 2 amide bonds. The second-order valence-corrected chi connectivity index (χ2v) is 12.7. The lowest BCUT2D eigenvalue weighted by Crippen LogP contribution is -2.50. The molecule has 202 valence electrons. The molecule has 1 aromatic rings. The standard InChI is InChI=1S/C29H41N3O5/c1-28(2,3)15-31-26(34)23-19-7-8-20(21(19)11-17-5-6-17)24(23)32-25(33)22-12-18(13-30-27(22)36-4)14-37-16-29(35)9-10-29/h11-13,17,19-20,23-24,35H,5-10,14-16H2,1-4H3,(H,31,34)(H,32,33)/b21-11-/t19-,20+,23-,24+/m0/s1.